The smallest absolute Gasteiger partial charge is 0.320 e. The Bertz CT molecular complexity index is 522. The lowest BCUT2D eigenvalue weighted by Gasteiger charge is -2.27. The molecule has 18 heavy (non-hydrogen) atoms. The summed E-state index contributed by atoms with van der Waals surface area (Å²) in [6.07, 6.45) is 1.69. The number of amides is 1. The molecule has 94 valence electrons. The van der Waals surface area contributed by atoms with Gasteiger partial charge in [-0.2, -0.15) is 0 Å². The van der Waals surface area contributed by atoms with E-state index in [0.29, 0.717) is 17.7 Å². The molecule has 1 N–H and O–H groups in total. The van der Waals surface area contributed by atoms with Crippen molar-refractivity contribution in [3.63, 3.8) is 0 Å². The molecule has 0 saturated carbocycles. The van der Waals surface area contributed by atoms with Crippen molar-refractivity contribution in [3.8, 4) is 0 Å². The van der Waals surface area contributed by atoms with E-state index in [1.54, 1.807) is 13.1 Å². The summed E-state index contributed by atoms with van der Waals surface area (Å²) in [6.45, 7) is 0.356. The number of likely N-dealkylation sites (N-methyl/N-ethyl adjacent to an activating group) is 1. The molecule has 0 spiro atoms. The molecule has 1 atom stereocenters. The first-order chi connectivity index (χ1) is 8.50. The summed E-state index contributed by atoms with van der Waals surface area (Å²) >= 11 is 0. The fourth-order valence-corrected chi connectivity index (χ4v) is 1.96. The standard InChI is InChI=1S/C13H12FNO3/c1-15-7-6-10(11(12(15)16)13(17)18)8-2-4-9(14)5-3-8/h2-6,11H,7H2,1H3,(H,17,18). The Morgan fingerprint density at radius 1 is 1.39 bits per heavy atom. The lowest BCUT2D eigenvalue weighted by atomic mass is 9.88. The first-order valence-corrected chi connectivity index (χ1v) is 5.44. The zero-order valence-electron chi connectivity index (χ0n) is 9.76. The lowest BCUT2D eigenvalue weighted by Crippen LogP contribution is -2.41. The van der Waals surface area contributed by atoms with Crippen LogP contribution in [0.5, 0.6) is 0 Å². The average Bonchev–Trinajstić information content (AvgIpc) is 2.33. The summed E-state index contributed by atoms with van der Waals surface area (Å²) in [5.41, 5.74) is 0.982. The molecule has 0 aromatic heterocycles. The molecule has 1 heterocycles. The Morgan fingerprint density at radius 3 is 2.56 bits per heavy atom. The second kappa shape index (κ2) is 4.60. The van der Waals surface area contributed by atoms with E-state index in [-0.39, 0.29) is 0 Å². The van der Waals surface area contributed by atoms with Crippen LogP contribution in [-0.2, 0) is 9.59 Å². The Morgan fingerprint density at radius 2 is 2.00 bits per heavy atom. The van der Waals surface area contributed by atoms with E-state index in [1.165, 1.54) is 29.2 Å². The fraction of sp³-hybridized carbons (Fsp3) is 0.231. The Kier molecular flexibility index (Phi) is 3.14. The largest absolute Gasteiger partial charge is 0.480 e. The van der Waals surface area contributed by atoms with E-state index in [2.05, 4.69) is 0 Å². The van der Waals surface area contributed by atoms with Crippen molar-refractivity contribution >= 4 is 17.4 Å². The zero-order chi connectivity index (χ0) is 13.3. The third-order valence-electron chi connectivity index (χ3n) is 2.94. The maximum absolute atomic E-state index is 12.8. The fourth-order valence-electron chi connectivity index (χ4n) is 1.96. The number of hydrogen-bond donors (Lipinski definition) is 1. The molecule has 2 rings (SSSR count). The molecule has 1 aliphatic heterocycles. The quantitative estimate of drug-likeness (QED) is 0.806. The van der Waals surface area contributed by atoms with Gasteiger partial charge in [0.2, 0.25) is 5.91 Å². The van der Waals surface area contributed by atoms with Crippen LogP contribution in [0.4, 0.5) is 4.39 Å². The number of rotatable bonds is 2. The van der Waals surface area contributed by atoms with Crippen molar-refractivity contribution in [3.05, 3.63) is 41.7 Å². The molecular formula is C13H12FNO3. The first kappa shape index (κ1) is 12.3. The number of carboxylic acid groups (broad SMARTS) is 1. The minimum atomic E-state index is -1.21. The predicted molar refractivity (Wildman–Crippen MR) is 63.1 cm³/mol. The summed E-state index contributed by atoms with van der Waals surface area (Å²) in [7, 11) is 1.55. The van der Waals surface area contributed by atoms with Crippen LogP contribution in [0.3, 0.4) is 0 Å². The minimum Gasteiger partial charge on any atom is -0.480 e. The van der Waals surface area contributed by atoms with E-state index < -0.39 is 23.6 Å². The third-order valence-corrected chi connectivity index (χ3v) is 2.94. The molecule has 4 nitrogen and oxygen atoms in total. The number of benzene rings is 1. The topological polar surface area (TPSA) is 57.6 Å². The van der Waals surface area contributed by atoms with Gasteiger partial charge in [-0.25, -0.2) is 4.39 Å². The molecule has 0 radical (unpaired) electrons. The molecule has 0 aliphatic carbocycles. The highest BCUT2D eigenvalue weighted by Crippen LogP contribution is 2.28. The van der Waals surface area contributed by atoms with Gasteiger partial charge in [0.05, 0.1) is 0 Å². The van der Waals surface area contributed by atoms with E-state index in [4.69, 9.17) is 5.11 Å². The molecule has 5 heteroatoms. The Hall–Kier alpha value is -2.17. The summed E-state index contributed by atoms with van der Waals surface area (Å²) in [6, 6.07) is 5.46. The molecule has 1 aromatic carbocycles. The van der Waals surface area contributed by atoms with Gasteiger partial charge in [0, 0.05) is 13.6 Å². The van der Waals surface area contributed by atoms with E-state index in [9.17, 15) is 14.0 Å². The van der Waals surface area contributed by atoms with E-state index >= 15 is 0 Å². The van der Waals surface area contributed by atoms with Gasteiger partial charge in [-0.15, -0.1) is 0 Å². The third kappa shape index (κ3) is 2.11. The summed E-state index contributed by atoms with van der Waals surface area (Å²) in [4.78, 5) is 24.4. The van der Waals surface area contributed by atoms with Gasteiger partial charge in [0.25, 0.3) is 0 Å². The van der Waals surface area contributed by atoms with Gasteiger partial charge in [0.1, 0.15) is 5.82 Å². The number of aliphatic carboxylic acids is 1. The molecule has 1 unspecified atom stereocenters. The number of carbonyl (C=O) groups is 2. The van der Waals surface area contributed by atoms with Gasteiger partial charge in [-0.05, 0) is 23.3 Å². The van der Waals surface area contributed by atoms with Gasteiger partial charge in [-0.3, -0.25) is 9.59 Å². The molecule has 0 fully saturated rings. The van der Waals surface area contributed by atoms with Crippen molar-refractivity contribution in [2.45, 2.75) is 0 Å². The van der Waals surface area contributed by atoms with Crippen LogP contribution in [0.25, 0.3) is 5.57 Å². The van der Waals surface area contributed by atoms with Crippen LogP contribution in [-0.4, -0.2) is 35.5 Å². The van der Waals surface area contributed by atoms with Crippen LogP contribution >= 0.6 is 0 Å². The monoisotopic (exact) mass is 249 g/mol. The number of carbonyl (C=O) groups excluding carboxylic acids is 1. The van der Waals surface area contributed by atoms with Crippen LogP contribution in [0.1, 0.15) is 5.56 Å². The SMILES string of the molecule is CN1CC=C(c2ccc(F)cc2)C(C(=O)O)C1=O. The van der Waals surface area contributed by atoms with Gasteiger partial charge in [0.15, 0.2) is 5.92 Å². The second-order valence-electron chi connectivity index (χ2n) is 4.16. The predicted octanol–water partition coefficient (Wildman–Crippen LogP) is 1.38. The number of carboxylic acids is 1. The average molecular weight is 249 g/mol. The number of hydrogen-bond acceptors (Lipinski definition) is 2. The summed E-state index contributed by atoms with van der Waals surface area (Å²) < 4.78 is 12.8. The summed E-state index contributed by atoms with van der Waals surface area (Å²) in [5, 5.41) is 9.15. The maximum atomic E-state index is 12.8. The van der Waals surface area contributed by atoms with Crippen LogP contribution < -0.4 is 0 Å². The zero-order valence-corrected chi connectivity index (χ0v) is 9.76. The first-order valence-electron chi connectivity index (χ1n) is 5.44. The van der Waals surface area contributed by atoms with Gasteiger partial charge in [-0.1, -0.05) is 18.2 Å². The van der Waals surface area contributed by atoms with Crippen molar-refractivity contribution < 1.29 is 19.1 Å². The minimum absolute atomic E-state index is 0.356. The van der Waals surface area contributed by atoms with Crippen LogP contribution in [0, 0.1) is 11.7 Å². The van der Waals surface area contributed by atoms with E-state index in [1.807, 2.05) is 0 Å². The highest BCUT2D eigenvalue weighted by Gasteiger charge is 2.35. The van der Waals surface area contributed by atoms with Crippen molar-refractivity contribution in [2.24, 2.45) is 5.92 Å². The summed E-state index contributed by atoms with van der Waals surface area (Å²) in [5.74, 6) is -3.26. The molecule has 0 saturated heterocycles. The number of nitrogens with zero attached hydrogens (tertiary/aromatic N) is 1. The van der Waals surface area contributed by atoms with E-state index in [0.717, 1.165) is 0 Å². The molecule has 1 amide bonds. The highest BCUT2D eigenvalue weighted by molar-refractivity contribution is 6.09. The van der Waals surface area contributed by atoms with Gasteiger partial charge < -0.3 is 10.0 Å². The van der Waals surface area contributed by atoms with Crippen molar-refractivity contribution in [1.29, 1.82) is 0 Å². The molecule has 1 aromatic rings. The van der Waals surface area contributed by atoms with Crippen LogP contribution in [0.2, 0.25) is 0 Å². The van der Waals surface area contributed by atoms with Crippen molar-refractivity contribution in [2.75, 3.05) is 13.6 Å². The lowest BCUT2D eigenvalue weighted by molar-refractivity contribution is -0.147. The Balaban J connectivity index is 2.44. The van der Waals surface area contributed by atoms with Crippen molar-refractivity contribution in [1.82, 2.24) is 4.90 Å². The normalized spacial score (nSPS) is 19.7. The molecule has 1 aliphatic rings. The highest BCUT2D eigenvalue weighted by atomic mass is 19.1. The second-order valence-corrected chi connectivity index (χ2v) is 4.16. The van der Waals surface area contributed by atoms with Gasteiger partial charge >= 0.3 is 5.97 Å². The Labute approximate surface area is 103 Å². The molecular weight excluding hydrogens is 237 g/mol. The van der Waals surface area contributed by atoms with Crippen LogP contribution in [0.15, 0.2) is 30.3 Å². The number of halogens is 1. The molecule has 0 bridgehead atoms. The maximum Gasteiger partial charge on any atom is 0.320 e.